The van der Waals surface area contributed by atoms with E-state index in [-0.39, 0.29) is 19.1 Å². The van der Waals surface area contributed by atoms with Crippen LogP contribution in [0.25, 0.3) is 0 Å². The van der Waals surface area contributed by atoms with Gasteiger partial charge in [-0.3, -0.25) is 9.69 Å². The fourth-order valence-corrected chi connectivity index (χ4v) is 4.24. The minimum atomic E-state index is -0.715. The quantitative estimate of drug-likeness (QED) is 0.631. The highest BCUT2D eigenvalue weighted by molar-refractivity contribution is 6.00. The third-order valence-electron chi connectivity index (χ3n) is 5.83. The Morgan fingerprint density at radius 1 is 1.18 bits per heavy atom. The van der Waals surface area contributed by atoms with Crippen molar-refractivity contribution in [1.82, 2.24) is 10.2 Å². The monoisotopic (exact) mass is 449 g/mol. The molecule has 0 aliphatic carbocycles. The van der Waals surface area contributed by atoms with E-state index >= 15 is 0 Å². The molecule has 2 aromatic rings. The molecule has 8 nitrogen and oxygen atoms in total. The van der Waals surface area contributed by atoms with Crippen LogP contribution in [0.15, 0.2) is 53.7 Å². The van der Waals surface area contributed by atoms with Gasteiger partial charge < -0.3 is 20.1 Å². The summed E-state index contributed by atoms with van der Waals surface area (Å²) in [6, 6.07) is 11.9. The fraction of sp³-hybridized carbons (Fsp3) is 0.320. The first-order valence-electron chi connectivity index (χ1n) is 11.0. The Kier molecular flexibility index (Phi) is 6.35. The summed E-state index contributed by atoms with van der Waals surface area (Å²) in [7, 11) is 0. The molecule has 2 aliphatic rings. The van der Waals surface area contributed by atoms with E-state index in [4.69, 9.17) is 9.47 Å². The highest BCUT2D eigenvalue weighted by Gasteiger charge is 2.43. The molecule has 0 radical (unpaired) electrons. The van der Waals surface area contributed by atoms with Crippen molar-refractivity contribution < 1.29 is 23.9 Å². The maximum Gasteiger partial charge on any atom is 0.338 e. The number of aryl methyl sites for hydroxylation is 2. The lowest BCUT2D eigenvalue weighted by atomic mass is 9.95. The van der Waals surface area contributed by atoms with Crippen molar-refractivity contribution in [3.63, 3.8) is 0 Å². The number of rotatable bonds is 7. The number of hydrogen-bond donors (Lipinski definition) is 2. The molecule has 0 aromatic heterocycles. The summed E-state index contributed by atoms with van der Waals surface area (Å²) in [5.41, 5.74) is 4.08. The van der Waals surface area contributed by atoms with E-state index in [1.54, 1.807) is 12.1 Å². The summed E-state index contributed by atoms with van der Waals surface area (Å²) in [6.45, 7) is 5.95. The third kappa shape index (κ3) is 4.28. The van der Waals surface area contributed by atoms with Gasteiger partial charge in [-0.05, 0) is 37.5 Å². The second-order valence-corrected chi connectivity index (χ2v) is 7.89. The average molecular weight is 450 g/mol. The van der Waals surface area contributed by atoms with E-state index in [1.165, 1.54) is 4.90 Å². The molecule has 2 heterocycles. The number of anilines is 1. The Morgan fingerprint density at radius 3 is 2.73 bits per heavy atom. The van der Waals surface area contributed by atoms with Crippen LogP contribution in [0.4, 0.5) is 10.5 Å². The lowest BCUT2D eigenvalue weighted by Gasteiger charge is -2.33. The summed E-state index contributed by atoms with van der Waals surface area (Å²) < 4.78 is 11.0. The van der Waals surface area contributed by atoms with E-state index in [0.29, 0.717) is 29.2 Å². The number of urea groups is 1. The maximum absolute atomic E-state index is 13.1. The molecule has 8 heteroatoms. The van der Waals surface area contributed by atoms with Gasteiger partial charge in [0.25, 0.3) is 0 Å². The summed E-state index contributed by atoms with van der Waals surface area (Å²) in [4.78, 5) is 39.9. The molecule has 2 N–H and O–H groups in total. The zero-order valence-corrected chi connectivity index (χ0v) is 18.9. The number of carbonyl (C=O) groups is 3. The molecule has 0 fully saturated rings. The molecule has 0 saturated carbocycles. The van der Waals surface area contributed by atoms with Crippen molar-refractivity contribution in [2.24, 2.45) is 0 Å². The molecule has 0 bridgehead atoms. The molecular weight excluding hydrogens is 422 g/mol. The lowest BCUT2D eigenvalue weighted by molar-refractivity contribution is -0.136. The molecule has 1 unspecified atom stereocenters. The van der Waals surface area contributed by atoms with Gasteiger partial charge in [0.05, 0.1) is 23.9 Å². The number of nitrogens with zero attached hydrogens (tertiary/aromatic N) is 1. The SMILES string of the molecule is CCOc1ccccc1C1NC(=O)N(CC(=O)Nc2c(C)cccc2CC)C2=C1C(=O)OC2. The van der Waals surface area contributed by atoms with Crippen LogP contribution < -0.4 is 15.4 Å². The van der Waals surface area contributed by atoms with Crippen molar-refractivity contribution >= 4 is 23.6 Å². The largest absolute Gasteiger partial charge is 0.494 e. The van der Waals surface area contributed by atoms with Gasteiger partial charge in [0.15, 0.2) is 0 Å². The molecule has 2 aromatic carbocycles. The van der Waals surface area contributed by atoms with Crippen LogP contribution in [0.3, 0.4) is 0 Å². The lowest BCUT2D eigenvalue weighted by Crippen LogP contribution is -2.49. The van der Waals surface area contributed by atoms with Crippen LogP contribution in [0.1, 0.15) is 36.6 Å². The first-order valence-corrected chi connectivity index (χ1v) is 11.0. The maximum atomic E-state index is 13.1. The van der Waals surface area contributed by atoms with E-state index in [0.717, 1.165) is 23.2 Å². The van der Waals surface area contributed by atoms with Crippen LogP contribution in [-0.2, 0) is 20.7 Å². The van der Waals surface area contributed by atoms with Crippen molar-refractivity contribution in [1.29, 1.82) is 0 Å². The van der Waals surface area contributed by atoms with Gasteiger partial charge in [0.1, 0.15) is 18.9 Å². The van der Waals surface area contributed by atoms with Crippen LogP contribution in [0.2, 0.25) is 0 Å². The predicted octanol–water partition coefficient (Wildman–Crippen LogP) is 3.47. The summed E-state index contributed by atoms with van der Waals surface area (Å²) in [5, 5.41) is 5.78. The zero-order valence-electron chi connectivity index (χ0n) is 18.9. The molecule has 0 spiro atoms. The molecule has 172 valence electrons. The number of nitrogens with one attached hydrogen (secondary N) is 2. The molecule has 33 heavy (non-hydrogen) atoms. The van der Waals surface area contributed by atoms with Crippen molar-refractivity contribution in [2.45, 2.75) is 33.2 Å². The molecule has 3 amide bonds. The standard InChI is InChI=1S/C25H27N3O5/c1-4-16-10-8-9-15(3)22(16)26-20(29)13-28-18-14-33-24(30)21(18)23(27-25(28)31)17-11-6-7-12-19(17)32-5-2/h6-12,23H,4-5,13-14H2,1-3H3,(H,26,29)(H,27,31). The van der Waals surface area contributed by atoms with Gasteiger partial charge >= 0.3 is 12.0 Å². The van der Waals surface area contributed by atoms with Crippen LogP contribution in [0, 0.1) is 6.92 Å². The summed E-state index contributed by atoms with van der Waals surface area (Å²) in [6.07, 6.45) is 0.764. The van der Waals surface area contributed by atoms with Crippen LogP contribution >= 0.6 is 0 Å². The van der Waals surface area contributed by atoms with Gasteiger partial charge in [-0.15, -0.1) is 0 Å². The van der Waals surface area contributed by atoms with Gasteiger partial charge in [-0.2, -0.15) is 0 Å². The molecule has 0 saturated heterocycles. The first-order chi connectivity index (χ1) is 15.9. The Bertz CT molecular complexity index is 1140. The Labute approximate surface area is 192 Å². The number of cyclic esters (lactones) is 1. The Hall–Kier alpha value is -3.81. The Morgan fingerprint density at radius 2 is 1.97 bits per heavy atom. The fourth-order valence-electron chi connectivity index (χ4n) is 4.24. The van der Waals surface area contributed by atoms with Crippen LogP contribution in [0.5, 0.6) is 5.75 Å². The average Bonchev–Trinajstić information content (AvgIpc) is 3.19. The number of ether oxygens (including phenoxy) is 2. The topological polar surface area (TPSA) is 97.0 Å². The molecular formula is C25H27N3O5. The van der Waals surface area contributed by atoms with Crippen LogP contribution in [-0.4, -0.2) is 42.6 Å². The van der Waals surface area contributed by atoms with E-state index < -0.39 is 18.0 Å². The number of benzene rings is 2. The van der Waals surface area contributed by atoms with Gasteiger partial charge in [-0.1, -0.05) is 43.3 Å². The number of hydrogen-bond acceptors (Lipinski definition) is 5. The zero-order chi connectivity index (χ0) is 23.5. The van der Waals surface area contributed by atoms with Gasteiger partial charge in [0.2, 0.25) is 5.91 Å². The highest BCUT2D eigenvalue weighted by atomic mass is 16.5. The molecule has 4 rings (SSSR count). The highest BCUT2D eigenvalue weighted by Crippen LogP contribution is 2.38. The second kappa shape index (κ2) is 9.36. The van der Waals surface area contributed by atoms with E-state index in [9.17, 15) is 14.4 Å². The van der Waals surface area contributed by atoms with E-state index in [1.807, 2.05) is 51.1 Å². The molecule has 2 aliphatic heterocycles. The molecule has 1 atom stereocenters. The number of para-hydroxylation sites is 2. The Balaban J connectivity index is 1.63. The summed E-state index contributed by atoms with van der Waals surface area (Å²) in [5.74, 6) is -0.290. The van der Waals surface area contributed by atoms with Crippen molar-refractivity contribution in [2.75, 3.05) is 25.1 Å². The van der Waals surface area contributed by atoms with Crippen molar-refractivity contribution in [3.05, 3.63) is 70.4 Å². The third-order valence-corrected chi connectivity index (χ3v) is 5.83. The van der Waals surface area contributed by atoms with Crippen molar-refractivity contribution in [3.8, 4) is 5.75 Å². The number of amides is 3. The van der Waals surface area contributed by atoms with Gasteiger partial charge in [-0.25, -0.2) is 9.59 Å². The minimum absolute atomic E-state index is 0.0628. The predicted molar refractivity (Wildman–Crippen MR) is 123 cm³/mol. The second-order valence-electron chi connectivity index (χ2n) is 7.89. The summed E-state index contributed by atoms with van der Waals surface area (Å²) >= 11 is 0. The van der Waals surface area contributed by atoms with Gasteiger partial charge in [0, 0.05) is 11.3 Å². The van der Waals surface area contributed by atoms with E-state index in [2.05, 4.69) is 10.6 Å². The number of esters is 1. The number of carbonyl (C=O) groups excluding carboxylic acids is 3. The smallest absolute Gasteiger partial charge is 0.338 e. The first kappa shape index (κ1) is 22.4. The normalized spacial score (nSPS) is 17.4. The minimum Gasteiger partial charge on any atom is -0.494 e.